The molecular formula is C15H23BrO3. The van der Waals surface area contributed by atoms with Gasteiger partial charge in [0.25, 0.3) is 0 Å². The van der Waals surface area contributed by atoms with E-state index in [9.17, 15) is 0 Å². The number of hydrogen-bond donors (Lipinski definition) is 0. The number of halogens is 1. The largest absolute Gasteiger partial charge is 0.493 e. The Morgan fingerprint density at radius 2 is 1.89 bits per heavy atom. The number of methoxy groups -OCH3 is 1. The third-order valence-electron chi connectivity index (χ3n) is 2.71. The Hall–Kier alpha value is -0.740. The van der Waals surface area contributed by atoms with Crippen molar-refractivity contribution < 1.29 is 14.2 Å². The van der Waals surface area contributed by atoms with Crippen molar-refractivity contribution in [3.05, 3.63) is 23.8 Å². The molecule has 0 spiro atoms. The highest BCUT2D eigenvalue weighted by Crippen LogP contribution is 2.28. The maximum atomic E-state index is 5.67. The van der Waals surface area contributed by atoms with Gasteiger partial charge in [0.2, 0.25) is 0 Å². The lowest BCUT2D eigenvalue weighted by Gasteiger charge is -2.12. The monoisotopic (exact) mass is 330 g/mol. The zero-order valence-corrected chi connectivity index (χ0v) is 13.5. The molecule has 0 saturated heterocycles. The van der Waals surface area contributed by atoms with E-state index >= 15 is 0 Å². The summed E-state index contributed by atoms with van der Waals surface area (Å²) in [6.07, 6.45) is 1.09. The van der Waals surface area contributed by atoms with Crippen LogP contribution in [0.2, 0.25) is 0 Å². The second-order valence-electron chi connectivity index (χ2n) is 4.76. The minimum absolute atomic E-state index is 0.544. The molecule has 19 heavy (non-hydrogen) atoms. The molecule has 0 fully saturated rings. The maximum absolute atomic E-state index is 5.67. The van der Waals surface area contributed by atoms with Crippen LogP contribution < -0.4 is 9.47 Å². The lowest BCUT2D eigenvalue weighted by Crippen LogP contribution is -2.09. The average molecular weight is 331 g/mol. The zero-order valence-electron chi connectivity index (χ0n) is 11.9. The van der Waals surface area contributed by atoms with E-state index in [4.69, 9.17) is 14.2 Å². The molecule has 1 aromatic rings. The van der Waals surface area contributed by atoms with Crippen LogP contribution in [0.3, 0.4) is 0 Å². The van der Waals surface area contributed by atoms with Crippen LogP contribution in [0.25, 0.3) is 0 Å². The maximum Gasteiger partial charge on any atom is 0.161 e. The first-order valence-electron chi connectivity index (χ1n) is 6.60. The molecule has 4 heteroatoms. The van der Waals surface area contributed by atoms with Crippen LogP contribution >= 0.6 is 15.9 Å². The summed E-state index contributed by atoms with van der Waals surface area (Å²) in [5.74, 6) is 2.21. The summed E-state index contributed by atoms with van der Waals surface area (Å²) in [7, 11) is 1.65. The lowest BCUT2D eigenvalue weighted by molar-refractivity contribution is 0.0916. The van der Waals surface area contributed by atoms with E-state index in [1.807, 2.05) is 18.2 Å². The van der Waals surface area contributed by atoms with Gasteiger partial charge < -0.3 is 14.2 Å². The van der Waals surface area contributed by atoms with Gasteiger partial charge in [0.05, 0.1) is 13.7 Å². The molecule has 108 valence electrons. The van der Waals surface area contributed by atoms with Gasteiger partial charge in [-0.2, -0.15) is 0 Å². The molecule has 0 saturated carbocycles. The first-order chi connectivity index (χ1) is 9.17. The summed E-state index contributed by atoms with van der Waals surface area (Å²) in [6, 6.07) is 5.93. The van der Waals surface area contributed by atoms with Crippen molar-refractivity contribution in [1.29, 1.82) is 0 Å². The van der Waals surface area contributed by atoms with Crippen molar-refractivity contribution in [1.82, 2.24) is 0 Å². The molecule has 0 aromatic heterocycles. The van der Waals surface area contributed by atoms with E-state index in [-0.39, 0.29) is 0 Å². The highest BCUT2D eigenvalue weighted by molar-refractivity contribution is 9.08. The predicted octanol–water partition coefficient (Wildman–Crippen LogP) is 4.03. The number of alkyl halides is 1. The number of rotatable bonds is 9. The van der Waals surface area contributed by atoms with Crippen LogP contribution in [0, 0.1) is 5.92 Å². The number of ether oxygens (including phenoxy) is 3. The van der Waals surface area contributed by atoms with E-state index < -0.39 is 0 Å². The number of benzene rings is 1. The standard InChI is InChI=1S/C15H23BrO3/c1-12(2)6-7-18-8-9-19-14-5-4-13(11-16)10-15(14)17-3/h4-5,10,12H,6-9,11H2,1-3H3. The Balaban J connectivity index is 2.32. The summed E-state index contributed by atoms with van der Waals surface area (Å²) >= 11 is 3.42. The molecule has 3 nitrogen and oxygen atoms in total. The summed E-state index contributed by atoms with van der Waals surface area (Å²) < 4.78 is 16.5. The zero-order chi connectivity index (χ0) is 14.1. The van der Waals surface area contributed by atoms with Crippen LogP contribution in [0.15, 0.2) is 18.2 Å². The molecule has 0 unspecified atom stereocenters. The number of hydrogen-bond acceptors (Lipinski definition) is 3. The summed E-state index contributed by atoms with van der Waals surface area (Å²) in [6.45, 7) is 6.32. The fourth-order valence-corrected chi connectivity index (χ4v) is 1.89. The van der Waals surface area contributed by atoms with E-state index in [1.165, 1.54) is 0 Å². The van der Waals surface area contributed by atoms with Gasteiger partial charge in [0.15, 0.2) is 11.5 Å². The van der Waals surface area contributed by atoms with Crippen LogP contribution in [0.5, 0.6) is 11.5 Å². The first kappa shape index (κ1) is 16.3. The Kier molecular flexibility index (Phi) is 7.91. The van der Waals surface area contributed by atoms with Crippen molar-refractivity contribution in [2.45, 2.75) is 25.6 Å². The Bertz CT molecular complexity index is 366. The summed E-state index contributed by atoms with van der Waals surface area (Å²) in [5.41, 5.74) is 1.16. The third-order valence-corrected chi connectivity index (χ3v) is 3.35. The molecule has 0 radical (unpaired) electrons. The van der Waals surface area contributed by atoms with Gasteiger partial charge in [-0.3, -0.25) is 0 Å². The van der Waals surface area contributed by atoms with Crippen LogP contribution in [-0.2, 0) is 10.1 Å². The predicted molar refractivity (Wildman–Crippen MR) is 81.4 cm³/mol. The summed E-state index contributed by atoms with van der Waals surface area (Å²) in [5, 5.41) is 0.807. The van der Waals surface area contributed by atoms with Gasteiger partial charge in [0.1, 0.15) is 6.61 Å². The van der Waals surface area contributed by atoms with E-state index in [0.717, 1.165) is 35.4 Å². The van der Waals surface area contributed by atoms with Gasteiger partial charge in [-0.25, -0.2) is 0 Å². The fourth-order valence-electron chi connectivity index (χ4n) is 1.55. The molecule has 1 rings (SSSR count). The average Bonchev–Trinajstić information content (AvgIpc) is 2.42. The molecule has 0 aliphatic heterocycles. The van der Waals surface area contributed by atoms with Crippen molar-refractivity contribution in [3.63, 3.8) is 0 Å². The van der Waals surface area contributed by atoms with E-state index in [0.29, 0.717) is 19.1 Å². The molecule has 0 N–H and O–H groups in total. The fraction of sp³-hybridized carbons (Fsp3) is 0.600. The van der Waals surface area contributed by atoms with E-state index in [2.05, 4.69) is 29.8 Å². The minimum Gasteiger partial charge on any atom is -0.493 e. The molecule has 0 heterocycles. The van der Waals surface area contributed by atoms with Crippen molar-refractivity contribution in [2.24, 2.45) is 5.92 Å². The lowest BCUT2D eigenvalue weighted by atomic mass is 10.1. The highest BCUT2D eigenvalue weighted by Gasteiger charge is 2.05. The van der Waals surface area contributed by atoms with Crippen molar-refractivity contribution >= 4 is 15.9 Å². The quantitative estimate of drug-likeness (QED) is 0.505. The molecule has 0 aliphatic rings. The minimum atomic E-state index is 0.544. The molecule has 1 aromatic carbocycles. The molecular weight excluding hydrogens is 308 g/mol. The molecule has 0 bridgehead atoms. The van der Waals surface area contributed by atoms with Crippen LogP contribution in [0.1, 0.15) is 25.8 Å². The van der Waals surface area contributed by atoms with Gasteiger partial charge in [-0.05, 0) is 30.0 Å². The normalized spacial score (nSPS) is 10.8. The van der Waals surface area contributed by atoms with Crippen molar-refractivity contribution in [3.8, 4) is 11.5 Å². The van der Waals surface area contributed by atoms with Gasteiger partial charge in [-0.1, -0.05) is 35.8 Å². The molecule has 0 atom stereocenters. The molecule has 0 aliphatic carbocycles. The van der Waals surface area contributed by atoms with Crippen molar-refractivity contribution in [2.75, 3.05) is 26.9 Å². The first-order valence-corrected chi connectivity index (χ1v) is 7.73. The van der Waals surface area contributed by atoms with Crippen LogP contribution in [0.4, 0.5) is 0 Å². The highest BCUT2D eigenvalue weighted by atomic mass is 79.9. The van der Waals surface area contributed by atoms with Gasteiger partial charge in [0, 0.05) is 11.9 Å². The Morgan fingerprint density at radius 3 is 2.53 bits per heavy atom. The molecule has 0 amide bonds. The third kappa shape index (κ3) is 6.30. The summed E-state index contributed by atoms with van der Waals surface area (Å²) in [4.78, 5) is 0. The van der Waals surface area contributed by atoms with Crippen LogP contribution in [-0.4, -0.2) is 26.9 Å². The second-order valence-corrected chi connectivity index (χ2v) is 5.32. The Morgan fingerprint density at radius 1 is 1.11 bits per heavy atom. The topological polar surface area (TPSA) is 27.7 Å². The Labute approximate surface area is 124 Å². The van der Waals surface area contributed by atoms with Gasteiger partial charge in [-0.15, -0.1) is 0 Å². The second kappa shape index (κ2) is 9.21. The van der Waals surface area contributed by atoms with Gasteiger partial charge >= 0.3 is 0 Å². The SMILES string of the molecule is COc1cc(CBr)ccc1OCCOCCC(C)C. The van der Waals surface area contributed by atoms with E-state index in [1.54, 1.807) is 7.11 Å². The smallest absolute Gasteiger partial charge is 0.161 e.